The number of carbonyl (C=O) groups is 1. The molecule has 1 amide bonds. The number of rotatable bonds is 8. The highest BCUT2D eigenvalue weighted by Crippen LogP contribution is 2.16. The molecule has 130 valence electrons. The molecule has 0 bridgehead atoms. The first-order chi connectivity index (χ1) is 11.0. The molecule has 1 fully saturated rings. The van der Waals surface area contributed by atoms with Gasteiger partial charge in [0.25, 0.3) is 5.91 Å². The summed E-state index contributed by atoms with van der Waals surface area (Å²) >= 11 is 0. The number of likely N-dealkylation sites (tertiary alicyclic amines) is 1. The van der Waals surface area contributed by atoms with Gasteiger partial charge in [0.05, 0.1) is 0 Å². The van der Waals surface area contributed by atoms with Crippen molar-refractivity contribution >= 4 is 15.9 Å². The fraction of sp³-hybridized carbons (Fsp3) is 0.667. The van der Waals surface area contributed by atoms with Crippen molar-refractivity contribution in [3.05, 3.63) is 18.0 Å². The van der Waals surface area contributed by atoms with Crippen LogP contribution in [0.1, 0.15) is 49.5 Å². The SMILES string of the molecule is CCCCC(CN)NS(=O)(=O)c1c[nH]c(C(=O)N2CCCC2)c1. The molecule has 2 rings (SSSR count). The highest BCUT2D eigenvalue weighted by molar-refractivity contribution is 7.89. The minimum absolute atomic E-state index is 0.0787. The summed E-state index contributed by atoms with van der Waals surface area (Å²) in [4.78, 5) is 16.9. The monoisotopic (exact) mass is 342 g/mol. The second-order valence-electron chi connectivity index (χ2n) is 5.94. The first-order valence-electron chi connectivity index (χ1n) is 8.18. The molecule has 0 saturated carbocycles. The van der Waals surface area contributed by atoms with Gasteiger partial charge in [0.2, 0.25) is 10.0 Å². The fourth-order valence-electron chi connectivity index (χ4n) is 2.71. The summed E-state index contributed by atoms with van der Waals surface area (Å²) in [5.74, 6) is -0.148. The molecule has 1 aliphatic rings. The number of H-pyrrole nitrogens is 1. The van der Waals surface area contributed by atoms with Crippen LogP contribution < -0.4 is 10.5 Å². The standard InChI is InChI=1S/C15H26N4O3S/c1-2-3-6-12(10-16)18-23(21,22)13-9-14(17-11-13)15(20)19-7-4-5-8-19/h9,11-12,17-18H,2-8,10,16H2,1H3. The minimum atomic E-state index is -3.67. The van der Waals surface area contributed by atoms with Crippen molar-refractivity contribution in [1.82, 2.24) is 14.6 Å². The fourth-order valence-corrected chi connectivity index (χ4v) is 3.98. The molecule has 0 spiro atoms. The summed E-state index contributed by atoms with van der Waals surface area (Å²) in [5, 5.41) is 0. The van der Waals surface area contributed by atoms with E-state index in [0.717, 1.165) is 38.8 Å². The van der Waals surface area contributed by atoms with Gasteiger partial charge in [-0.15, -0.1) is 0 Å². The van der Waals surface area contributed by atoms with E-state index in [2.05, 4.69) is 9.71 Å². The summed E-state index contributed by atoms with van der Waals surface area (Å²) in [5.41, 5.74) is 5.95. The molecule has 8 heteroatoms. The van der Waals surface area contributed by atoms with Crippen LogP contribution in [0.4, 0.5) is 0 Å². The zero-order valence-electron chi connectivity index (χ0n) is 13.5. The van der Waals surface area contributed by atoms with E-state index in [1.165, 1.54) is 12.3 Å². The Labute approximate surface area is 137 Å². The third-order valence-corrected chi connectivity index (χ3v) is 5.60. The summed E-state index contributed by atoms with van der Waals surface area (Å²) in [6.45, 7) is 3.75. The molecular formula is C15H26N4O3S. The van der Waals surface area contributed by atoms with Gasteiger partial charge in [-0.2, -0.15) is 0 Å². The third kappa shape index (κ3) is 4.55. The summed E-state index contributed by atoms with van der Waals surface area (Å²) in [6, 6.07) is 1.11. The number of nitrogens with zero attached hydrogens (tertiary/aromatic N) is 1. The molecular weight excluding hydrogens is 316 g/mol. The Kier molecular flexibility index (Phi) is 6.20. The van der Waals surface area contributed by atoms with Crippen LogP contribution in [0.15, 0.2) is 17.2 Å². The molecule has 1 atom stereocenters. The van der Waals surface area contributed by atoms with Gasteiger partial charge in [0.15, 0.2) is 0 Å². The zero-order valence-corrected chi connectivity index (χ0v) is 14.4. The molecule has 1 aromatic heterocycles. The van der Waals surface area contributed by atoms with Crippen molar-refractivity contribution in [3.8, 4) is 0 Å². The van der Waals surface area contributed by atoms with E-state index in [0.29, 0.717) is 12.1 Å². The van der Waals surface area contributed by atoms with Crippen molar-refractivity contribution in [2.45, 2.75) is 50.0 Å². The average Bonchev–Trinajstić information content (AvgIpc) is 3.21. The van der Waals surface area contributed by atoms with Crippen molar-refractivity contribution in [2.75, 3.05) is 19.6 Å². The molecule has 1 unspecified atom stereocenters. The van der Waals surface area contributed by atoms with Crippen molar-refractivity contribution in [2.24, 2.45) is 5.73 Å². The first kappa shape index (κ1) is 18.0. The van der Waals surface area contributed by atoms with Gasteiger partial charge in [-0.1, -0.05) is 19.8 Å². The largest absolute Gasteiger partial charge is 0.356 e. The Bertz CT molecular complexity index is 620. The van der Waals surface area contributed by atoms with Crippen LogP contribution in [0, 0.1) is 0 Å². The molecule has 1 saturated heterocycles. The number of unbranched alkanes of at least 4 members (excludes halogenated alkanes) is 1. The number of sulfonamides is 1. The van der Waals surface area contributed by atoms with Gasteiger partial charge in [-0.25, -0.2) is 13.1 Å². The molecule has 0 aromatic carbocycles. The summed E-state index contributed by atoms with van der Waals surface area (Å²) in [6.07, 6.45) is 5.95. The van der Waals surface area contributed by atoms with Crippen LogP contribution in [-0.2, 0) is 10.0 Å². The lowest BCUT2D eigenvalue weighted by atomic mass is 10.1. The Morgan fingerprint density at radius 3 is 2.74 bits per heavy atom. The van der Waals surface area contributed by atoms with Gasteiger partial charge in [-0.05, 0) is 25.3 Å². The second-order valence-corrected chi connectivity index (χ2v) is 7.66. The van der Waals surface area contributed by atoms with E-state index < -0.39 is 10.0 Å². The minimum Gasteiger partial charge on any atom is -0.356 e. The summed E-state index contributed by atoms with van der Waals surface area (Å²) in [7, 11) is -3.67. The van der Waals surface area contributed by atoms with E-state index in [1.807, 2.05) is 6.92 Å². The maximum Gasteiger partial charge on any atom is 0.270 e. The number of hydrogen-bond acceptors (Lipinski definition) is 4. The first-order valence-corrected chi connectivity index (χ1v) is 9.66. The van der Waals surface area contributed by atoms with Gasteiger partial charge in [-0.3, -0.25) is 4.79 Å². The Hall–Kier alpha value is -1.38. The number of nitrogens with two attached hydrogens (primary N) is 1. The molecule has 1 aliphatic heterocycles. The van der Waals surface area contributed by atoms with Crippen molar-refractivity contribution < 1.29 is 13.2 Å². The highest BCUT2D eigenvalue weighted by atomic mass is 32.2. The number of aromatic amines is 1. The smallest absolute Gasteiger partial charge is 0.270 e. The topological polar surface area (TPSA) is 108 Å². The Morgan fingerprint density at radius 2 is 2.13 bits per heavy atom. The summed E-state index contributed by atoms with van der Waals surface area (Å²) < 4.78 is 27.4. The number of nitrogens with one attached hydrogen (secondary N) is 2. The van der Waals surface area contributed by atoms with Gasteiger partial charge >= 0.3 is 0 Å². The quantitative estimate of drug-likeness (QED) is 0.656. The molecule has 4 N–H and O–H groups in total. The maximum absolute atomic E-state index is 12.4. The van der Waals surface area contributed by atoms with Crippen molar-refractivity contribution in [3.63, 3.8) is 0 Å². The molecule has 0 radical (unpaired) electrons. The number of hydrogen-bond donors (Lipinski definition) is 3. The number of amides is 1. The van der Waals surface area contributed by atoms with Crippen LogP contribution in [0.3, 0.4) is 0 Å². The molecule has 2 heterocycles. The Balaban J connectivity index is 2.06. The van der Waals surface area contributed by atoms with Crippen LogP contribution in [-0.4, -0.2) is 49.9 Å². The van der Waals surface area contributed by atoms with Crippen LogP contribution >= 0.6 is 0 Å². The van der Waals surface area contributed by atoms with Crippen LogP contribution in [0.5, 0.6) is 0 Å². The average molecular weight is 342 g/mol. The maximum atomic E-state index is 12.4. The van der Waals surface area contributed by atoms with E-state index in [9.17, 15) is 13.2 Å². The zero-order chi connectivity index (χ0) is 16.9. The predicted octanol–water partition coefficient (Wildman–Crippen LogP) is 1.05. The van der Waals surface area contributed by atoms with E-state index >= 15 is 0 Å². The molecule has 1 aromatic rings. The van der Waals surface area contributed by atoms with Crippen LogP contribution in [0.2, 0.25) is 0 Å². The molecule has 0 aliphatic carbocycles. The predicted molar refractivity (Wildman–Crippen MR) is 88.6 cm³/mol. The number of carbonyl (C=O) groups excluding carboxylic acids is 1. The Morgan fingerprint density at radius 1 is 1.43 bits per heavy atom. The van der Waals surface area contributed by atoms with Crippen molar-refractivity contribution in [1.29, 1.82) is 0 Å². The van der Waals surface area contributed by atoms with E-state index in [-0.39, 0.29) is 23.4 Å². The second kappa shape index (κ2) is 7.94. The van der Waals surface area contributed by atoms with Gasteiger partial charge in [0, 0.05) is 31.9 Å². The van der Waals surface area contributed by atoms with E-state index in [1.54, 1.807) is 4.90 Å². The lowest BCUT2D eigenvalue weighted by molar-refractivity contribution is 0.0787. The van der Waals surface area contributed by atoms with Crippen LogP contribution in [0.25, 0.3) is 0 Å². The lowest BCUT2D eigenvalue weighted by Gasteiger charge is -2.16. The van der Waals surface area contributed by atoms with E-state index in [4.69, 9.17) is 5.73 Å². The number of aromatic nitrogens is 1. The third-order valence-electron chi connectivity index (χ3n) is 4.10. The highest BCUT2D eigenvalue weighted by Gasteiger charge is 2.24. The molecule has 7 nitrogen and oxygen atoms in total. The molecule has 23 heavy (non-hydrogen) atoms. The van der Waals surface area contributed by atoms with Gasteiger partial charge in [0.1, 0.15) is 10.6 Å². The lowest BCUT2D eigenvalue weighted by Crippen LogP contribution is -2.40. The normalized spacial score (nSPS) is 16.7. The van der Waals surface area contributed by atoms with Gasteiger partial charge < -0.3 is 15.6 Å².